The van der Waals surface area contributed by atoms with Crippen molar-refractivity contribution in [2.24, 2.45) is 0 Å². The van der Waals surface area contributed by atoms with Crippen LogP contribution in [-0.4, -0.2) is 21.7 Å². The molecule has 0 aliphatic heterocycles. The van der Waals surface area contributed by atoms with Crippen molar-refractivity contribution in [1.82, 2.24) is 0 Å². The highest BCUT2D eigenvalue weighted by atomic mass is 35.7. The van der Waals surface area contributed by atoms with Crippen LogP contribution < -0.4 is 5.30 Å². The van der Waals surface area contributed by atoms with Gasteiger partial charge in [-0.3, -0.25) is 0 Å². The Balaban J connectivity index is 3.10. The maximum Gasteiger partial charge on any atom is 0.254 e. The first-order valence-corrected chi connectivity index (χ1v) is 9.44. The second kappa shape index (κ2) is 4.74. The lowest BCUT2D eigenvalue weighted by atomic mass is 10.2. The summed E-state index contributed by atoms with van der Waals surface area (Å²) in [7, 11) is -0.930. The highest BCUT2D eigenvalue weighted by Crippen LogP contribution is 2.34. The molecule has 0 unspecified atom stereocenters. The van der Waals surface area contributed by atoms with Crippen molar-refractivity contribution in [2.75, 3.05) is 13.3 Å². The zero-order chi connectivity index (χ0) is 12.4. The van der Waals surface area contributed by atoms with E-state index in [1.165, 1.54) is 6.08 Å². The first-order chi connectivity index (χ1) is 7.18. The van der Waals surface area contributed by atoms with Crippen LogP contribution in [0.5, 0.6) is 0 Å². The predicted octanol–water partition coefficient (Wildman–Crippen LogP) is 2.47. The van der Waals surface area contributed by atoms with Gasteiger partial charge in [0.05, 0.1) is 0 Å². The molecule has 88 valence electrons. The van der Waals surface area contributed by atoms with Crippen LogP contribution in [0.1, 0.15) is 5.56 Å². The summed E-state index contributed by atoms with van der Waals surface area (Å²) in [6, 6.07) is 6.90. The van der Waals surface area contributed by atoms with Gasteiger partial charge in [0, 0.05) is 21.4 Å². The number of rotatable bonds is 3. The van der Waals surface area contributed by atoms with Gasteiger partial charge in [-0.2, -0.15) is 0 Å². The molecular formula is C10H12ClO3PS. The van der Waals surface area contributed by atoms with Crippen LogP contribution in [-0.2, 0) is 13.6 Å². The van der Waals surface area contributed by atoms with Crippen molar-refractivity contribution in [2.45, 2.75) is 0 Å². The van der Waals surface area contributed by atoms with Gasteiger partial charge in [-0.05, 0) is 31.0 Å². The van der Waals surface area contributed by atoms with E-state index in [1.807, 2.05) is 0 Å². The molecule has 0 aliphatic rings. The molecule has 0 heterocycles. The van der Waals surface area contributed by atoms with Crippen molar-refractivity contribution in [3.63, 3.8) is 0 Å². The molecule has 0 bridgehead atoms. The fourth-order valence-electron chi connectivity index (χ4n) is 1.12. The SMILES string of the molecule is CP(C)(=O)c1cccc(/C=C/S(=O)(=O)Cl)c1. The molecule has 1 aromatic rings. The van der Waals surface area contributed by atoms with Crippen LogP contribution in [0, 0.1) is 0 Å². The van der Waals surface area contributed by atoms with Gasteiger partial charge in [-0.25, -0.2) is 8.42 Å². The Morgan fingerprint density at radius 3 is 2.44 bits per heavy atom. The molecule has 0 fully saturated rings. The maximum atomic E-state index is 11.8. The lowest BCUT2D eigenvalue weighted by Gasteiger charge is -2.06. The molecule has 16 heavy (non-hydrogen) atoms. The molecule has 0 N–H and O–H groups in total. The third kappa shape index (κ3) is 4.52. The lowest BCUT2D eigenvalue weighted by molar-refractivity contribution is 0.588. The van der Waals surface area contributed by atoms with Gasteiger partial charge in [-0.15, -0.1) is 0 Å². The third-order valence-electron chi connectivity index (χ3n) is 1.92. The zero-order valence-electron chi connectivity index (χ0n) is 8.92. The Morgan fingerprint density at radius 2 is 1.94 bits per heavy atom. The van der Waals surface area contributed by atoms with E-state index in [4.69, 9.17) is 10.7 Å². The highest BCUT2D eigenvalue weighted by molar-refractivity contribution is 8.16. The second-order valence-corrected chi connectivity index (χ2v) is 9.46. The van der Waals surface area contributed by atoms with E-state index in [-0.39, 0.29) is 0 Å². The van der Waals surface area contributed by atoms with Gasteiger partial charge in [0.1, 0.15) is 7.14 Å². The summed E-state index contributed by atoms with van der Waals surface area (Å²) < 4.78 is 33.2. The summed E-state index contributed by atoms with van der Waals surface area (Å²) in [5.41, 5.74) is 0.658. The Hall–Kier alpha value is -0.570. The Labute approximate surface area is 99.9 Å². The third-order valence-corrected chi connectivity index (χ3v) is 4.21. The standard InChI is InChI=1S/C10H12ClO3PS/c1-15(2,12)10-5-3-4-9(8-10)6-7-16(11,13)14/h3-8H,1-2H3/b7-6+. The fourth-order valence-corrected chi connectivity index (χ4v) is 2.50. The van der Waals surface area contributed by atoms with Crippen molar-refractivity contribution in [1.29, 1.82) is 0 Å². The van der Waals surface area contributed by atoms with Gasteiger partial charge in [0.15, 0.2) is 0 Å². The molecular weight excluding hydrogens is 267 g/mol. The van der Waals surface area contributed by atoms with Crippen LogP contribution >= 0.6 is 17.8 Å². The van der Waals surface area contributed by atoms with E-state index >= 15 is 0 Å². The van der Waals surface area contributed by atoms with Gasteiger partial charge in [0.2, 0.25) is 0 Å². The van der Waals surface area contributed by atoms with E-state index in [9.17, 15) is 13.0 Å². The monoisotopic (exact) mass is 278 g/mol. The fraction of sp³-hybridized carbons (Fsp3) is 0.200. The second-order valence-electron chi connectivity index (χ2n) is 3.72. The normalized spacial score (nSPS) is 13.2. The highest BCUT2D eigenvalue weighted by Gasteiger charge is 2.10. The summed E-state index contributed by atoms with van der Waals surface area (Å²) in [6.07, 6.45) is 1.38. The van der Waals surface area contributed by atoms with E-state index in [2.05, 4.69) is 0 Å². The minimum Gasteiger partial charge on any atom is -0.319 e. The van der Waals surface area contributed by atoms with Crippen LogP contribution in [0.4, 0.5) is 0 Å². The Kier molecular flexibility index (Phi) is 4.00. The Morgan fingerprint density at radius 1 is 1.31 bits per heavy atom. The Bertz CT molecular complexity index is 557. The first kappa shape index (κ1) is 13.5. The average molecular weight is 279 g/mol. The summed E-state index contributed by atoms with van der Waals surface area (Å²) >= 11 is 0. The largest absolute Gasteiger partial charge is 0.319 e. The van der Waals surface area contributed by atoms with Gasteiger partial charge < -0.3 is 4.57 Å². The zero-order valence-corrected chi connectivity index (χ0v) is 11.4. The van der Waals surface area contributed by atoms with Crippen molar-refractivity contribution in [3.8, 4) is 0 Å². The van der Waals surface area contributed by atoms with Crippen molar-refractivity contribution < 1.29 is 13.0 Å². The number of hydrogen-bond donors (Lipinski definition) is 0. The molecule has 6 heteroatoms. The van der Waals surface area contributed by atoms with Crippen molar-refractivity contribution in [3.05, 3.63) is 35.2 Å². The van der Waals surface area contributed by atoms with Crippen LogP contribution in [0.2, 0.25) is 0 Å². The van der Waals surface area contributed by atoms with E-state index in [0.29, 0.717) is 10.9 Å². The van der Waals surface area contributed by atoms with E-state index < -0.39 is 16.2 Å². The van der Waals surface area contributed by atoms with Gasteiger partial charge in [-0.1, -0.05) is 18.2 Å². The van der Waals surface area contributed by atoms with Crippen LogP contribution in [0.15, 0.2) is 29.7 Å². The minimum atomic E-state index is -3.65. The number of halogens is 1. The molecule has 0 aliphatic carbocycles. The number of hydrogen-bond acceptors (Lipinski definition) is 3. The van der Waals surface area contributed by atoms with E-state index in [0.717, 1.165) is 5.41 Å². The molecule has 0 saturated heterocycles. The summed E-state index contributed by atoms with van der Waals surface area (Å²) in [5, 5.41) is 1.62. The summed E-state index contributed by atoms with van der Waals surface area (Å²) in [5.74, 6) is 0. The summed E-state index contributed by atoms with van der Waals surface area (Å²) in [6.45, 7) is 3.32. The molecule has 0 amide bonds. The molecule has 0 aromatic heterocycles. The molecule has 0 spiro atoms. The van der Waals surface area contributed by atoms with Crippen LogP contribution in [0.25, 0.3) is 6.08 Å². The first-order valence-electron chi connectivity index (χ1n) is 4.47. The molecule has 0 radical (unpaired) electrons. The summed E-state index contributed by atoms with van der Waals surface area (Å²) in [4.78, 5) is 0. The van der Waals surface area contributed by atoms with Gasteiger partial charge >= 0.3 is 0 Å². The topological polar surface area (TPSA) is 51.2 Å². The van der Waals surface area contributed by atoms with Crippen molar-refractivity contribution >= 4 is 38.3 Å². The molecule has 3 nitrogen and oxygen atoms in total. The average Bonchev–Trinajstić information content (AvgIpc) is 2.13. The molecule has 1 rings (SSSR count). The quantitative estimate of drug-likeness (QED) is 0.630. The van der Waals surface area contributed by atoms with Crippen LogP contribution in [0.3, 0.4) is 0 Å². The molecule has 1 aromatic carbocycles. The number of benzene rings is 1. The smallest absolute Gasteiger partial charge is 0.254 e. The minimum absolute atomic E-state index is 0.658. The van der Waals surface area contributed by atoms with Gasteiger partial charge in [0.25, 0.3) is 9.05 Å². The lowest BCUT2D eigenvalue weighted by Crippen LogP contribution is -2.02. The molecule has 0 atom stereocenters. The maximum absolute atomic E-state index is 11.8. The van der Waals surface area contributed by atoms with E-state index in [1.54, 1.807) is 37.6 Å². The molecule has 0 saturated carbocycles. The predicted molar refractivity (Wildman–Crippen MR) is 69.3 cm³/mol.